The largest absolute Gasteiger partial charge is 0.353 e. The van der Waals surface area contributed by atoms with Crippen LogP contribution in [0.15, 0.2) is 30.3 Å². The van der Waals surface area contributed by atoms with Gasteiger partial charge in [-0.15, -0.1) is 0 Å². The topological polar surface area (TPSA) is 29.1 Å². The first-order valence-corrected chi connectivity index (χ1v) is 8.98. The van der Waals surface area contributed by atoms with E-state index in [-0.39, 0.29) is 11.5 Å². The van der Waals surface area contributed by atoms with E-state index in [1.807, 2.05) is 6.07 Å². The molecule has 1 aromatic carbocycles. The van der Waals surface area contributed by atoms with E-state index < -0.39 is 0 Å². The Morgan fingerprint density at radius 1 is 1.09 bits per heavy atom. The fourth-order valence-corrected chi connectivity index (χ4v) is 5.78. The van der Waals surface area contributed by atoms with Crippen molar-refractivity contribution in [3.05, 3.63) is 35.9 Å². The lowest BCUT2D eigenvalue weighted by molar-refractivity contribution is -0.146. The van der Waals surface area contributed by atoms with E-state index in [1.54, 1.807) is 0 Å². The van der Waals surface area contributed by atoms with E-state index in [2.05, 4.69) is 36.5 Å². The lowest BCUT2D eigenvalue weighted by atomic mass is 9.49. The summed E-state index contributed by atoms with van der Waals surface area (Å²) >= 11 is 0. The summed E-state index contributed by atoms with van der Waals surface area (Å²) in [5.41, 5.74) is 1.29. The van der Waals surface area contributed by atoms with Gasteiger partial charge in [-0.2, -0.15) is 0 Å². The van der Waals surface area contributed by atoms with Gasteiger partial charge in [0.15, 0.2) is 0 Å². The Morgan fingerprint density at radius 2 is 1.64 bits per heavy atom. The van der Waals surface area contributed by atoms with E-state index in [0.717, 1.165) is 43.4 Å². The monoisotopic (exact) mass is 297 g/mol. The van der Waals surface area contributed by atoms with Crippen LogP contribution < -0.4 is 5.32 Å². The number of hydrogen-bond donors (Lipinski definition) is 1. The highest BCUT2D eigenvalue weighted by Crippen LogP contribution is 2.60. The Balaban J connectivity index is 1.42. The molecule has 0 unspecified atom stereocenters. The molecule has 118 valence electrons. The molecule has 0 radical (unpaired) electrons. The van der Waals surface area contributed by atoms with E-state index in [9.17, 15) is 4.79 Å². The van der Waals surface area contributed by atoms with Crippen molar-refractivity contribution in [2.45, 2.75) is 57.9 Å². The number of benzene rings is 1. The number of nitrogens with one attached hydrogen (secondary N) is 1. The second-order valence-corrected chi connectivity index (χ2v) is 8.26. The van der Waals surface area contributed by atoms with Crippen molar-refractivity contribution in [2.75, 3.05) is 0 Å². The van der Waals surface area contributed by atoms with Gasteiger partial charge in [-0.25, -0.2) is 0 Å². The molecule has 0 aliphatic heterocycles. The van der Waals surface area contributed by atoms with Crippen molar-refractivity contribution in [3.63, 3.8) is 0 Å². The van der Waals surface area contributed by atoms with Crippen LogP contribution in [0.5, 0.6) is 0 Å². The Kier molecular flexibility index (Phi) is 3.51. The minimum atomic E-state index is -0.0142. The average Bonchev–Trinajstić information content (AvgIpc) is 2.46. The zero-order valence-corrected chi connectivity index (χ0v) is 13.6. The van der Waals surface area contributed by atoms with Crippen molar-refractivity contribution in [3.8, 4) is 0 Å². The van der Waals surface area contributed by atoms with Crippen molar-refractivity contribution in [1.29, 1.82) is 0 Å². The second kappa shape index (κ2) is 5.40. The molecule has 1 aromatic rings. The first-order chi connectivity index (χ1) is 10.6. The predicted octanol–water partition coefficient (Wildman–Crippen LogP) is 3.95. The number of hydrogen-bond acceptors (Lipinski definition) is 1. The third kappa shape index (κ3) is 2.57. The van der Waals surface area contributed by atoms with Crippen molar-refractivity contribution in [2.24, 2.45) is 23.2 Å². The number of carbonyl (C=O) groups excluding carboxylic acids is 1. The molecule has 2 nitrogen and oxygen atoms in total. The molecular weight excluding hydrogens is 270 g/mol. The minimum Gasteiger partial charge on any atom is -0.353 e. The van der Waals surface area contributed by atoms with E-state index in [1.165, 1.54) is 24.8 Å². The van der Waals surface area contributed by atoms with Gasteiger partial charge in [0.1, 0.15) is 0 Å². The number of amides is 1. The summed E-state index contributed by atoms with van der Waals surface area (Å²) in [4.78, 5) is 13.0. The molecule has 0 heterocycles. The minimum absolute atomic E-state index is 0.0142. The van der Waals surface area contributed by atoms with E-state index in [0.29, 0.717) is 5.91 Å². The van der Waals surface area contributed by atoms with Crippen LogP contribution in [0, 0.1) is 23.2 Å². The number of rotatable bonds is 4. The lowest BCUT2D eigenvalue weighted by Gasteiger charge is -2.55. The highest BCUT2D eigenvalue weighted by atomic mass is 16.2. The molecule has 4 saturated carbocycles. The van der Waals surface area contributed by atoms with Crippen LogP contribution in [0.2, 0.25) is 0 Å². The summed E-state index contributed by atoms with van der Waals surface area (Å²) in [6, 6.07) is 10.7. The average molecular weight is 297 g/mol. The third-order valence-corrected chi connectivity index (χ3v) is 6.28. The van der Waals surface area contributed by atoms with Gasteiger partial charge in [-0.05, 0) is 75.2 Å². The fourth-order valence-electron chi connectivity index (χ4n) is 5.78. The maximum absolute atomic E-state index is 13.0. The highest BCUT2D eigenvalue weighted by Gasteiger charge is 2.54. The van der Waals surface area contributed by atoms with Crippen molar-refractivity contribution >= 4 is 5.91 Å². The maximum Gasteiger partial charge on any atom is 0.226 e. The Hall–Kier alpha value is -1.31. The van der Waals surface area contributed by atoms with Crippen LogP contribution in [-0.4, -0.2) is 11.9 Å². The molecular formula is C20H27NO. The molecule has 1 atom stereocenters. The van der Waals surface area contributed by atoms with E-state index in [4.69, 9.17) is 0 Å². The third-order valence-electron chi connectivity index (χ3n) is 6.28. The number of carbonyl (C=O) groups is 1. The van der Waals surface area contributed by atoms with Crippen LogP contribution in [0.25, 0.3) is 0 Å². The van der Waals surface area contributed by atoms with Gasteiger partial charge in [0.25, 0.3) is 0 Å². The Morgan fingerprint density at radius 3 is 2.18 bits per heavy atom. The zero-order chi connectivity index (χ0) is 15.2. The molecule has 0 spiro atoms. The van der Waals surface area contributed by atoms with Gasteiger partial charge >= 0.3 is 0 Å². The van der Waals surface area contributed by atoms with E-state index >= 15 is 0 Å². The Labute approximate surface area is 133 Å². The van der Waals surface area contributed by atoms with Gasteiger partial charge < -0.3 is 5.32 Å². The van der Waals surface area contributed by atoms with Crippen LogP contribution in [0.1, 0.15) is 51.0 Å². The van der Waals surface area contributed by atoms with Crippen molar-refractivity contribution < 1.29 is 4.79 Å². The highest BCUT2D eigenvalue weighted by molar-refractivity contribution is 5.83. The van der Waals surface area contributed by atoms with Gasteiger partial charge in [0.05, 0.1) is 0 Å². The normalized spacial score (nSPS) is 37.0. The molecule has 1 N–H and O–H groups in total. The quantitative estimate of drug-likeness (QED) is 0.896. The molecule has 4 bridgehead atoms. The zero-order valence-electron chi connectivity index (χ0n) is 13.6. The van der Waals surface area contributed by atoms with Gasteiger partial charge in [0, 0.05) is 11.5 Å². The van der Waals surface area contributed by atoms with Crippen LogP contribution >= 0.6 is 0 Å². The standard InChI is InChI=1S/C20H27NO/c1-14(7-15-5-3-2-4-6-15)21-19(22)20-11-16-8-17(12-20)10-18(9-16)13-20/h2-6,14,16-18H,7-13H2,1H3,(H,21,22)/t14-,16?,17?,18?,20?/m0/s1. The molecule has 1 amide bonds. The maximum atomic E-state index is 13.0. The van der Waals surface area contributed by atoms with Gasteiger partial charge in [-0.3, -0.25) is 4.79 Å². The molecule has 4 aliphatic carbocycles. The first-order valence-electron chi connectivity index (χ1n) is 8.98. The molecule has 2 heteroatoms. The fraction of sp³-hybridized carbons (Fsp3) is 0.650. The van der Waals surface area contributed by atoms with Gasteiger partial charge in [-0.1, -0.05) is 30.3 Å². The molecule has 4 aliphatic rings. The summed E-state index contributed by atoms with van der Waals surface area (Å²) in [6.45, 7) is 2.14. The van der Waals surface area contributed by atoms with Crippen molar-refractivity contribution in [1.82, 2.24) is 5.32 Å². The van der Waals surface area contributed by atoms with Crippen LogP contribution in [-0.2, 0) is 11.2 Å². The molecule has 0 aromatic heterocycles. The predicted molar refractivity (Wildman–Crippen MR) is 88.4 cm³/mol. The van der Waals surface area contributed by atoms with Crippen LogP contribution in [0.4, 0.5) is 0 Å². The first kappa shape index (κ1) is 14.3. The second-order valence-electron chi connectivity index (χ2n) is 8.26. The summed E-state index contributed by atoms with van der Waals surface area (Å²) in [5.74, 6) is 2.86. The summed E-state index contributed by atoms with van der Waals surface area (Å²) in [5, 5.41) is 3.35. The Bertz CT molecular complexity index is 515. The smallest absolute Gasteiger partial charge is 0.226 e. The molecule has 4 fully saturated rings. The molecule has 22 heavy (non-hydrogen) atoms. The SMILES string of the molecule is C[C@@H](Cc1ccccc1)NC(=O)C12CC3CC(CC(C3)C1)C2. The molecule has 5 rings (SSSR count). The van der Waals surface area contributed by atoms with Gasteiger partial charge in [0.2, 0.25) is 5.91 Å². The molecule has 0 saturated heterocycles. The summed E-state index contributed by atoms with van der Waals surface area (Å²) in [7, 11) is 0. The van der Waals surface area contributed by atoms with Crippen LogP contribution in [0.3, 0.4) is 0 Å². The lowest BCUT2D eigenvalue weighted by Crippen LogP contribution is -2.55. The summed E-state index contributed by atoms with van der Waals surface area (Å²) < 4.78 is 0. The summed E-state index contributed by atoms with van der Waals surface area (Å²) in [6.07, 6.45) is 8.58.